The molecule has 0 amide bonds. The smallest absolute Gasteiger partial charge is 0.130 e. The second-order valence-corrected chi connectivity index (χ2v) is 4.79. The summed E-state index contributed by atoms with van der Waals surface area (Å²) >= 11 is 0. The first-order chi connectivity index (χ1) is 9.99. The fraction of sp³-hybridized carbons (Fsp3) is 0.312. The van der Waals surface area contributed by atoms with Crippen molar-refractivity contribution in [2.75, 3.05) is 7.11 Å². The van der Waals surface area contributed by atoms with E-state index in [0.717, 1.165) is 5.69 Å². The van der Waals surface area contributed by atoms with Crippen molar-refractivity contribution in [3.63, 3.8) is 0 Å². The van der Waals surface area contributed by atoms with Crippen LogP contribution in [0.5, 0.6) is 11.5 Å². The molecule has 5 heteroatoms. The van der Waals surface area contributed by atoms with Crippen molar-refractivity contribution in [3.05, 3.63) is 53.1 Å². The molecule has 0 aliphatic rings. The Bertz CT molecular complexity index is 629. The number of ether oxygens (including phenoxy) is 2. The van der Waals surface area contributed by atoms with Gasteiger partial charge in [0, 0.05) is 29.5 Å². The molecule has 0 fully saturated rings. The van der Waals surface area contributed by atoms with Gasteiger partial charge < -0.3 is 14.6 Å². The van der Waals surface area contributed by atoms with E-state index >= 15 is 0 Å². The Morgan fingerprint density at radius 2 is 2.05 bits per heavy atom. The molecule has 1 aromatic heterocycles. The van der Waals surface area contributed by atoms with Crippen LogP contribution in [0, 0.1) is 12.7 Å². The van der Waals surface area contributed by atoms with E-state index in [1.807, 2.05) is 13.0 Å². The lowest BCUT2D eigenvalue weighted by Crippen LogP contribution is -2.04. The number of halogens is 1. The molecule has 112 valence electrons. The maximum Gasteiger partial charge on any atom is 0.130 e. The number of hydrogen-bond acceptors (Lipinski definition) is 4. The summed E-state index contributed by atoms with van der Waals surface area (Å²) in [6.07, 6.45) is -0.736. The van der Waals surface area contributed by atoms with Crippen molar-refractivity contribution in [2.24, 2.45) is 0 Å². The summed E-state index contributed by atoms with van der Waals surface area (Å²) in [5.41, 5.74) is 2.02. The van der Waals surface area contributed by atoms with Crippen LogP contribution in [0.1, 0.15) is 30.0 Å². The fourth-order valence-electron chi connectivity index (χ4n) is 2.02. The number of methoxy groups -OCH3 is 1. The Balaban J connectivity index is 2.20. The van der Waals surface area contributed by atoms with E-state index < -0.39 is 11.9 Å². The molecule has 4 nitrogen and oxygen atoms in total. The van der Waals surface area contributed by atoms with Crippen LogP contribution < -0.4 is 9.47 Å². The maximum atomic E-state index is 13.3. The molecule has 1 aromatic carbocycles. The summed E-state index contributed by atoms with van der Waals surface area (Å²) in [6, 6.07) is 7.64. The van der Waals surface area contributed by atoms with Crippen molar-refractivity contribution in [3.8, 4) is 11.5 Å². The van der Waals surface area contributed by atoms with Gasteiger partial charge in [0.2, 0.25) is 0 Å². The third-order valence-corrected chi connectivity index (χ3v) is 3.02. The fourth-order valence-corrected chi connectivity index (χ4v) is 2.02. The first-order valence-electron chi connectivity index (χ1n) is 6.61. The van der Waals surface area contributed by atoms with Crippen LogP contribution in [-0.2, 0) is 6.61 Å². The van der Waals surface area contributed by atoms with Gasteiger partial charge in [-0.15, -0.1) is 0 Å². The first-order valence-corrected chi connectivity index (χ1v) is 6.61. The summed E-state index contributed by atoms with van der Waals surface area (Å²) in [5, 5.41) is 9.68. The molecule has 0 bridgehead atoms. The zero-order valence-corrected chi connectivity index (χ0v) is 12.3. The van der Waals surface area contributed by atoms with Crippen LogP contribution in [0.25, 0.3) is 0 Å². The Morgan fingerprint density at radius 3 is 2.71 bits per heavy atom. The molecule has 0 aliphatic heterocycles. The van der Waals surface area contributed by atoms with Crippen LogP contribution >= 0.6 is 0 Å². The number of aliphatic hydroxyl groups is 1. The maximum absolute atomic E-state index is 13.3. The standard InChI is InChI=1S/C16H18FNO3/c1-10-6-14(20-3)8-13(18-10)9-21-16-7-12(17)4-5-15(16)11(2)19/h4-8,11,19H,9H2,1-3H3/t11-/m0/s1. The zero-order valence-electron chi connectivity index (χ0n) is 12.3. The van der Waals surface area contributed by atoms with Gasteiger partial charge in [0.15, 0.2) is 0 Å². The number of hydrogen-bond donors (Lipinski definition) is 1. The van der Waals surface area contributed by atoms with Crippen LogP contribution in [0.2, 0.25) is 0 Å². The minimum atomic E-state index is -0.736. The largest absolute Gasteiger partial charge is 0.497 e. The predicted octanol–water partition coefficient (Wildman–Crippen LogP) is 3.17. The van der Waals surface area contributed by atoms with Crippen LogP contribution in [0.15, 0.2) is 30.3 Å². The Labute approximate surface area is 123 Å². The van der Waals surface area contributed by atoms with E-state index in [-0.39, 0.29) is 6.61 Å². The number of rotatable bonds is 5. The minimum absolute atomic E-state index is 0.168. The Kier molecular flexibility index (Phi) is 4.75. The summed E-state index contributed by atoms with van der Waals surface area (Å²) in [6.45, 7) is 3.63. The molecule has 21 heavy (non-hydrogen) atoms. The van der Waals surface area contributed by atoms with Gasteiger partial charge in [0.05, 0.1) is 18.9 Å². The molecule has 2 rings (SSSR count). The number of aliphatic hydroxyl groups excluding tert-OH is 1. The van der Waals surface area contributed by atoms with Gasteiger partial charge >= 0.3 is 0 Å². The highest BCUT2D eigenvalue weighted by molar-refractivity contribution is 5.36. The molecular formula is C16H18FNO3. The lowest BCUT2D eigenvalue weighted by Gasteiger charge is -2.14. The molecule has 0 saturated carbocycles. The van der Waals surface area contributed by atoms with Gasteiger partial charge in [-0.05, 0) is 26.0 Å². The summed E-state index contributed by atoms with van der Waals surface area (Å²) < 4.78 is 24.1. The third-order valence-electron chi connectivity index (χ3n) is 3.02. The van der Waals surface area contributed by atoms with E-state index in [4.69, 9.17) is 9.47 Å². The Morgan fingerprint density at radius 1 is 1.29 bits per heavy atom. The van der Waals surface area contributed by atoms with E-state index in [9.17, 15) is 9.50 Å². The number of aromatic nitrogens is 1. The lowest BCUT2D eigenvalue weighted by molar-refractivity contribution is 0.189. The summed E-state index contributed by atoms with van der Waals surface area (Å²) in [7, 11) is 1.58. The predicted molar refractivity (Wildman–Crippen MR) is 76.9 cm³/mol. The van der Waals surface area contributed by atoms with Crippen molar-refractivity contribution < 1.29 is 19.0 Å². The van der Waals surface area contributed by atoms with E-state index in [2.05, 4.69) is 4.98 Å². The molecule has 0 aliphatic carbocycles. The highest BCUT2D eigenvalue weighted by Gasteiger charge is 2.11. The van der Waals surface area contributed by atoms with Gasteiger partial charge in [-0.3, -0.25) is 4.98 Å². The normalized spacial score (nSPS) is 12.0. The highest BCUT2D eigenvalue weighted by atomic mass is 19.1. The lowest BCUT2D eigenvalue weighted by atomic mass is 10.1. The third kappa shape index (κ3) is 3.92. The first kappa shape index (κ1) is 15.3. The monoisotopic (exact) mass is 291 g/mol. The number of pyridine rings is 1. The van der Waals surface area contributed by atoms with Crippen LogP contribution in [0.3, 0.4) is 0 Å². The number of nitrogens with zero attached hydrogens (tertiary/aromatic N) is 1. The van der Waals surface area contributed by atoms with E-state index in [1.165, 1.54) is 18.2 Å². The quantitative estimate of drug-likeness (QED) is 0.919. The van der Waals surface area contributed by atoms with Gasteiger partial charge in [0.25, 0.3) is 0 Å². The van der Waals surface area contributed by atoms with Crippen molar-refractivity contribution in [1.29, 1.82) is 0 Å². The summed E-state index contributed by atoms with van der Waals surface area (Å²) in [5.74, 6) is 0.590. The molecule has 0 spiro atoms. The Hall–Kier alpha value is -2.14. The molecule has 2 aromatic rings. The van der Waals surface area contributed by atoms with Gasteiger partial charge in [-0.1, -0.05) is 0 Å². The SMILES string of the molecule is COc1cc(C)nc(COc2cc(F)ccc2[C@H](C)O)c1. The number of benzene rings is 1. The zero-order chi connectivity index (χ0) is 15.4. The minimum Gasteiger partial charge on any atom is -0.497 e. The number of aryl methyl sites for hydroxylation is 1. The summed E-state index contributed by atoms with van der Waals surface area (Å²) in [4.78, 5) is 4.33. The topological polar surface area (TPSA) is 51.6 Å². The molecule has 1 atom stereocenters. The van der Waals surface area contributed by atoms with Crippen LogP contribution in [0.4, 0.5) is 4.39 Å². The molecule has 1 heterocycles. The second-order valence-electron chi connectivity index (χ2n) is 4.79. The van der Waals surface area contributed by atoms with Gasteiger partial charge in [-0.2, -0.15) is 0 Å². The highest BCUT2D eigenvalue weighted by Crippen LogP contribution is 2.27. The van der Waals surface area contributed by atoms with Gasteiger partial charge in [-0.25, -0.2) is 4.39 Å². The van der Waals surface area contributed by atoms with Crippen molar-refractivity contribution in [2.45, 2.75) is 26.6 Å². The van der Waals surface area contributed by atoms with Gasteiger partial charge in [0.1, 0.15) is 23.9 Å². The van der Waals surface area contributed by atoms with Crippen LogP contribution in [-0.4, -0.2) is 17.2 Å². The molecule has 0 radical (unpaired) electrons. The molecular weight excluding hydrogens is 273 g/mol. The van der Waals surface area contributed by atoms with E-state index in [0.29, 0.717) is 22.8 Å². The molecule has 0 unspecified atom stereocenters. The average molecular weight is 291 g/mol. The molecule has 1 N–H and O–H groups in total. The van der Waals surface area contributed by atoms with E-state index in [1.54, 1.807) is 20.1 Å². The second kappa shape index (κ2) is 6.54. The average Bonchev–Trinajstić information content (AvgIpc) is 2.44. The van der Waals surface area contributed by atoms with Crippen molar-refractivity contribution in [1.82, 2.24) is 4.98 Å². The van der Waals surface area contributed by atoms with Crippen molar-refractivity contribution >= 4 is 0 Å². The molecule has 0 saturated heterocycles.